The van der Waals surface area contributed by atoms with E-state index in [4.69, 9.17) is 0 Å². The number of amides is 1. The molecule has 0 aromatic heterocycles. The van der Waals surface area contributed by atoms with Crippen molar-refractivity contribution in [3.05, 3.63) is 0 Å². The second kappa shape index (κ2) is 3.24. The highest BCUT2D eigenvalue weighted by Gasteiger charge is 2.23. The third-order valence-electron chi connectivity index (χ3n) is 2.78. The summed E-state index contributed by atoms with van der Waals surface area (Å²) in [6, 6.07) is 0. The van der Waals surface area contributed by atoms with Gasteiger partial charge in [0.25, 0.3) is 0 Å². The van der Waals surface area contributed by atoms with Gasteiger partial charge in [-0.15, -0.1) is 0 Å². The number of hydrogen-bond acceptors (Lipinski definition) is 1. The molecule has 2 nitrogen and oxygen atoms in total. The first kappa shape index (κ1) is 8.57. The van der Waals surface area contributed by atoms with Crippen LogP contribution in [0.1, 0.15) is 27.2 Å². The molecular formula is C9H17NO. The van der Waals surface area contributed by atoms with Crippen LogP contribution in [0.15, 0.2) is 0 Å². The van der Waals surface area contributed by atoms with Gasteiger partial charge in [0.15, 0.2) is 0 Å². The second-order valence-corrected chi connectivity index (χ2v) is 3.71. The number of hydrogen-bond donors (Lipinski definition) is 0. The number of nitrogens with zero attached hydrogens (tertiary/aromatic N) is 1. The van der Waals surface area contributed by atoms with Gasteiger partial charge in [-0.2, -0.15) is 0 Å². The Morgan fingerprint density at radius 3 is 2.45 bits per heavy atom. The highest BCUT2D eigenvalue weighted by Crippen LogP contribution is 2.21. The lowest BCUT2D eigenvalue weighted by Crippen LogP contribution is -2.40. The van der Waals surface area contributed by atoms with Gasteiger partial charge in [0.2, 0.25) is 5.91 Å². The summed E-state index contributed by atoms with van der Waals surface area (Å²) >= 11 is 0. The number of carbonyl (C=O) groups is 1. The van der Waals surface area contributed by atoms with Gasteiger partial charge in [-0.25, -0.2) is 0 Å². The van der Waals surface area contributed by atoms with Crippen molar-refractivity contribution in [3.63, 3.8) is 0 Å². The molecule has 0 aromatic rings. The van der Waals surface area contributed by atoms with Crippen molar-refractivity contribution < 1.29 is 4.79 Å². The lowest BCUT2D eigenvalue weighted by molar-refractivity contribution is -0.131. The summed E-state index contributed by atoms with van der Waals surface area (Å²) in [6.45, 7) is 8.06. The summed E-state index contributed by atoms with van der Waals surface area (Å²) in [7, 11) is 0. The van der Waals surface area contributed by atoms with Gasteiger partial charge < -0.3 is 4.90 Å². The summed E-state index contributed by atoms with van der Waals surface area (Å²) in [4.78, 5) is 12.9. The minimum Gasteiger partial charge on any atom is -0.343 e. The first-order valence-electron chi connectivity index (χ1n) is 4.36. The van der Waals surface area contributed by atoms with Crippen molar-refractivity contribution in [2.45, 2.75) is 27.2 Å². The number of piperidine rings is 1. The van der Waals surface area contributed by atoms with Crippen LogP contribution in [0.25, 0.3) is 0 Å². The molecular weight excluding hydrogens is 138 g/mol. The van der Waals surface area contributed by atoms with E-state index in [9.17, 15) is 4.79 Å². The maximum atomic E-state index is 11.0. The van der Waals surface area contributed by atoms with E-state index in [1.807, 2.05) is 4.90 Å². The van der Waals surface area contributed by atoms with Gasteiger partial charge in [0.05, 0.1) is 0 Å². The summed E-state index contributed by atoms with van der Waals surface area (Å²) in [5, 5.41) is 0. The van der Waals surface area contributed by atoms with E-state index < -0.39 is 0 Å². The number of rotatable bonds is 0. The maximum Gasteiger partial charge on any atom is 0.219 e. The van der Waals surface area contributed by atoms with Gasteiger partial charge in [-0.1, -0.05) is 13.8 Å². The topological polar surface area (TPSA) is 20.3 Å². The molecule has 0 unspecified atom stereocenters. The van der Waals surface area contributed by atoms with E-state index in [2.05, 4.69) is 13.8 Å². The molecule has 1 aliphatic rings. The molecule has 1 saturated heterocycles. The van der Waals surface area contributed by atoms with E-state index in [1.165, 1.54) is 6.42 Å². The van der Waals surface area contributed by atoms with E-state index in [0.29, 0.717) is 5.92 Å². The van der Waals surface area contributed by atoms with Crippen LogP contribution in [-0.2, 0) is 4.79 Å². The van der Waals surface area contributed by atoms with Gasteiger partial charge in [-0.3, -0.25) is 4.79 Å². The fraction of sp³-hybridized carbons (Fsp3) is 0.889. The molecule has 1 heterocycles. The molecule has 1 aliphatic heterocycles. The second-order valence-electron chi connectivity index (χ2n) is 3.71. The molecule has 0 bridgehead atoms. The van der Waals surface area contributed by atoms with Crippen molar-refractivity contribution in [1.29, 1.82) is 0 Å². The van der Waals surface area contributed by atoms with E-state index in [-0.39, 0.29) is 5.91 Å². The Kier molecular flexibility index (Phi) is 2.53. The third kappa shape index (κ3) is 1.95. The Hall–Kier alpha value is -0.530. The SMILES string of the molecule is CC(=O)N1CC[C@H](C)[C@@H](C)C1. The van der Waals surface area contributed by atoms with Crippen LogP contribution >= 0.6 is 0 Å². The zero-order valence-electron chi connectivity index (χ0n) is 7.63. The molecule has 64 valence electrons. The molecule has 0 radical (unpaired) electrons. The van der Waals surface area contributed by atoms with Crippen LogP contribution in [0.2, 0.25) is 0 Å². The van der Waals surface area contributed by atoms with Crippen LogP contribution in [0, 0.1) is 11.8 Å². The predicted octanol–water partition coefficient (Wildman–Crippen LogP) is 1.51. The highest BCUT2D eigenvalue weighted by atomic mass is 16.2. The molecule has 0 aromatic carbocycles. The maximum absolute atomic E-state index is 11.0. The average molecular weight is 155 g/mol. The summed E-state index contributed by atoms with van der Waals surface area (Å²) in [5.41, 5.74) is 0. The van der Waals surface area contributed by atoms with Crippen LogP contribution in [0.4, 0.5) is 0 Å². The van der Waals surface area contributed by atoms with E-state index in [1.54, 1.807) is 6.92 Å². The smallest absolute Gasteiger partial charge is 0.219 e. The Labute approximate surface area is 68.6 Å². The normalized spacial score (nSPS) is 32.1. The first-order chi connectivity index (χ1) is 5.11. The molecule has 11 heavy (non-hydrogen) atoms. The minimum atomic E-state index is 0.226. The Bertz CT molecular complexity index is 156. The van der Waals surface area contributed by atoms with Crippen molar-refractivity contribution in [1.82, 2.24) is 4.90 Å². The van der Waals surface area contributed by atoms with Crippen molar-refractivity contribution in [2.75, 3.05) is 13.1 Å². The summed E-state index contributed by atoms with van der Waals surface area (Å²) in [5.74, 6) is 1.68. The largest absolute Gasteiger partial charge is 0.343 e. The molecule has 1 rings (SSSR count). The van der Waals surface area contributed by atoms with Gasteiger partial charge in [0, 0.05) is 20.0 Å². The fourth-order valence-electron chi connectivity index (χ4n) is 1.55. The van der Waals surface area contributed by atoms with E-state index in [0.717, 1.165) is 19.0 Å². The zero-order chi connectivity index (χ0) is 8.43. The van der Waals surface area contributed by atoms with E-state index >= 15 is 0 Å². The standard InChI is InChI=1S/C9H17NO/c1-7-4-5-10(9(3)11)6-8(7)2/h7-8H,4-6H2,1-3H3/t7-,8-/m0/s1. The predicted molar refractivity (Wildman–Crippen MR) is 45.2 cm³/mol. The lowest BCUT2D eigenvalue weighted by Gasteiger charge is -2.34. The molecule has 0 aliphatic carbocycles. The van der Waals surface area contributed by atoms with Crippen LogP contribution < -0.4 is 0 Å². The Morgan fingerprint density at radius 1 is 1.36 bits per heavy atom. The van der Waals surface area contributed by atoms with Gasteiger partial charge in [0.1, 0.15) is 0 Å². The Balaban J connectivity index is 2.46. The van der Waals surface area contributed by atoms with Crippen molar-refractivity contribution >= 4 is 5.91 Å². The molecule has 0 spiro atoms. The molecule has 2 heteroatoms. The number of likely N-dealkylation sites (tertiary alicyclic amines) is 1. The van der Waals surface area contributed by atoms with Crippen molar-refractivity contribution in [3.8, 4) is 0 Å². The fourth-order valence-corrected chi connectivity index (χ4v) is 1.55. The zero-order valence-corrected chi connectivity index (χ0v) is 7.63. The molecule has 2 atom stereocenters. The monoisotopic (exact) mass is 155 g/mol. The highest BCUT2D eigenvalue weighted by molar-refractivity contribution is 5.73. The van der Waals surface area contributed by atoms with Gasteiger partial charge >= 0.3 is 0 Å². The molecule has 0 N–H and O–H groups in total. The van der Waals surface area contributed by atoms with Crippen LogP contribution in [0.5, 0.6) is 0 Å². The minimum absolute atomic E-state index is 0.226. The third-order valence-corrected chi connectivity index (χ3v) is 2.78. The molecule has 1 amide bonds. The van der Waals surface area contributed by atoms with Crippen LogP contribution in [0.3, 0.4) is 0 Å². The number of carbonyl (C=O) groups excluding carboxylic acids is 1. The lowest BCUT2D eigenvalue weighted by atomic mass is 9.89. The summed E-state index contributed by atoms with van der Waals surface area (Å²) in [6.07, 6.45) is 1.17. The first-order valence-corrected chi connectivity index (χ1v) is 4.36. The molecule has 1 fully saturated rings. The average Bonchev–Trinajstić information content (AvgIpc) is 1.94. The van der Waals surface area contributed by atoms with Gasteiger partial charge in [-0.05, 0) is 18.3 Å². The molecule has 0 saturated carbocycles. The van der Waals surface area contributed by atoms with Crippen molar-refractivity contribution in [2.24, 2.45) is 11.8 Å². The Morgan fingerprint density at radius 2 is 2.00 bits per heavy atom. The quantitative estimate of drug-likeness (QED) is 0.519. The van der Waals surface area contributed by atoms with Crippen LogP contribution in [-0.4, -0.2) is 23.9 Å². The summed E-state index contributed by atoms with van der Waals surface area (Å²) < 4.78 is 0.